The lowest BCUT2D eigenvalue weighted by atomic mass is 9.95. The largest absolute Gasteiger partial charge is 0.385 e. The van der Waals surface area contributed by atoms with Gasteiger partial charge in [-0.2, -0.15) is 0 Å². The molecule has 6 nitrogen and oxygen atoms in total. The van der Waals surface area contributed by atoms with Crippen molar-refractivity contribution in [2.75, 3.05) is 5.73 Å². The first-order valence-corrected chi connectivity index (χ1v) is 9.28. The molecule has 4 aromatic rings. The fourth-order valence-electron chi connectivity index (χ4n) is 3.38. The second kappa shape index (κ2) is 7.98. The van der Waals surface area contributed by atoms with Crippen LogP contribution >= 0.6 is 0 Å². The maximum absolute atomic E-state index is 12.4. The van der Waals surface area contributed by atoms with Gasteiger partial charge in [0.15, 0.2) is 0 Å². The van der Waals surface area contributed by atoms with E-state index in [1.807, 2.05) is 54.6 Å². The summed E-state index contributed by atoms with van der Waals surface area (Å²) >= 11 is 0. The fraction of sp³-hybridized carbons (Fsp3) is 0.0870. The molecule has 3 aromatic carbocycles. The topological polar surface area (TPSA) is 101 Å². The van der Waals surface area contributed by atoms with Crippen molar-refractivity contribution in [1.29, 1.82) is 0 Å². The van der Waals surface area contributed by atoms with E-state index >= 15 is 0 Å². The summed E-state index contributed by atoms with van der Waals surface area (Å²) in [6.07, 6.45) is 2.06. The van der Waals surface area contributed by atoms with Gasteiger partial charge in [-0.25, -0.2) is 9.78 Å². The van der Waals surface area contributed by atoms with Crippen LogP contribution in [-0.2, 0) is 13.0 Å². The van der Waals surface area contributed by atoms with Crippen molar-refractivity contribution in [3.8, 4) is 0 Å². The highest BCUT2D eigenvalue weighted by Gasteiger charge is 2.10. The molecule has 0 aliphatic carbocycles. The normalized spacial score (nSPS) is 10.8. The van der Waals surface area contributed by atoms with Crippen molar-refractivity contribution in [2.45, 2.75) is 13.0 Å². The summed E-state index contributed by atoms with van der Waals surface area (Å²) in [5, 5.41) is 5.12. The SMILES string of the molecule is Nc1[nH]c(=O)ncc1Cc1ccc(CNC(=O)c2ccccc2)c2ccccc12. The Kier molecular flexibility index (Phi) is 5.07. The van der Waals surface area contributed by atoms with E-state index in [0.717, 1.165) is 27.5 Å². The molecular formula is C23H20N4O2. The third-order valence-corrected chi connectivity index (χ3v) is 4.89. The zero-order valence-electron chi connectivity index (χ0n) is 15.7. The average molecular weight is 384 g/mol. The van der Waals surface area contributed by atoms with Gasteiger partial charge in [-0.3, -0.25) is 9.78 Å². The number of aromatic nitrogens is 2. The Balaban J connectivity index is 1.61. The lowest BCUT2D eigenvalue weighted by molar-refractivity contribution is 0.0951. The Bertz CT molecular complexity index is 1230. The number of nitrogens with zero attached hydrogens (tertiary/aromatic N) is 1. The van der Waals surface area contributed by atoms with Crippen LogP contribution < -0.4 is 16.7 Å². The molecule has 6 heteroatoms. The monoisotopic (exact) mass is 384 g/mol. The first kappa shape index (κ1) is 18.4. The van der Waals surface area contributed by atoms with E-state index in [0.29, 0.717) is 24.3 Å². The highest BCUT2D eigenvalue weighted by Crippen LogP contribution is 2.25. The second-order valence-electron chi connectivity index (χ2n) is 6.78. The van der Waals surface area contributed by atoms with Crippen LogP contribution in [0.5, 0.6) is 0 Å². The average Bonchev–Trinajstić information content (AvgIpc) is 2.75. The molecule has 0 atom stereocenters. The molecule has 0 fully saturated rings. The Morgan fingerprint density at radius 3 is 2.28 bits per heavy atom. The van der Waals surface area contributed by atoms with Crippen LogP contribution in [0.2, 0.25) is 0 Å². The molecule has 0 spiro atoms. The summed E-state index contributed by atoms with van der Waals surface area (Å²) in [5.74, 6) is 0.221. The summed E-state index contributed by atoms with van der Waals surface area (Å²) in [4.78, 5) is 30.0. The third kappa shape index (κ3) is 4.01. The molecular weight excluding hydrogens is 364 g/mol. The van der Waals surface area contributed by atoms with E-state index < -0.39 is 5.69 Å². The lowest BCUT2D eigenvalue weighted by Crippen LogP contribution is -2.22. The third-order valence-electron chi connectivity index (χ3n) is 4.89. The molecule has 0 saturated carbocycles. The number of nitrogen functional groups attached to an aromatic ring is 1. The quantitative estimate of drug-likeness (QED) is 0.492. The smallest absolute Gasteiger partial charge is 0.346 e. The lowest BCUT2D eigenvalue weighted by Gasteiger charge is -2.13. The summed E-state index contributed by atoms with van der Waals surface area (Å²) in [6, 6.07) is 21.2. The molecule has 0 aliphatic rings. The van der Waals surface area contributed by atoms with Crippen molar-refractivity contribution < 1.29 is 4.79 Å². The number of amides is 1. The molecule has 144 valence electrons. The molecule has 1 amide bonds. The summed E-state index contributed by atoms with van der Waals surface area (Å²) < 4.78 is 0. The molecule has 1 heterocycles. The van der Waals surface area contributed by atoms with Gasteiger partial charge in [0.05, 0.1) is 0 Å². The summed E-state index contributed by atoms with van der Waals surface area (Å²) in [5.41, 5.74) is 8.97. The highest BCUT2D eigenvalue weighted by molar-refractivity contribution is 5.95. The predicted octanol–water partition coefficient (Wildman–Crippen LogP) is 3.03. The van der Waals surface area contributed by atoms with E-state index in [1.54, 1.807) is 12.1 Å². The Labute approximate surface area is 167 Å². The first-order chi connectivity index (χ1) is 14.1. The molecule has 4 N–H and O–H groups in total. The van der Waals surface area contributed by atoms with Gasteiger partial charge >= 0.3 is 5.69 Å². The number of anilines is 1. The van der Waals surface area contributed by atoms with Crippen molar-refractivity contribution in [3.05, 3.63) is 106 Å². The molecule has 0 bridgehead atoms. The Morgan fingerprint density at radius 1 is 0.897 bits per heavy atom. The number of benzene rings is 3. The maximum Gasteiger partial charge on any atom is 0.346 e. The number of fused-ring (bicyclic) bond motifs is 1. The number of nitrogens with two attached hydrogens (primary N) is 1. The molecule has 29 heavy (non-hydrogen) atoms. The van der Waals surface area contributed by atoms with Crippen LogP contribution in [0.3, 0.4) is 0 Å². The number of nitrogens with one attached hydrogen (secondary N) is 2. The van der Waals surface area contributed by atoms with Gasteiger partial charge in [-0.05, 0) is 34.0 Å². The Hall–Kier alpha value is -3.93. The first-order valence-electron chi connectivity index (χ1n) is 9.28. The number of hydrogen-bond acceptors (Lipinski definition) is 4. The summed E-state index contributed by atoms with van der Waals surface area (Å²) in [7, 11) is 0. The number of carbonyl (C=O) groups excluding carboxylic acids is 1. The van der Waals surface area contributed by atoms with Gasteiger partial charge in [0, 0.05) is 30.3 Å². The molecule has 4 rings (SSSR count). The molecule has 0 unspecified atom stereocenters. The number of aromatic amines is 1. The van der Waals surface area contributed by atoms with Crippen LogP contribution in [-0.4, -0.2) is 15.9 Å². The van der Waals surface area contributed by atoms with E-state index in [4.69, 9.17) is 5.73 Å². The van der Waals surface area contributed by atoms with Crippen LogP contribution in [0.1, 0.15) is 27.0 Å². The molecule has 0 aliphatic heterocycles. The number of hydrogen-bond donors (Lipinski definition) is 3. The van der Waals surface area contributed by atoms with E-state index in [-0.39, 0.29) is 5.91 Å². The predicted molar refractivity (Wildman–Crippen MR) is 114 cm³/mol. The minimum Gasteiger partial charge on any atom is -0.385 e. The zero-order chi connectivity index (χ0) is 20.2. The number of carbonyl (C=O) groups is 1. The number of rotatable bonds is 5. The van der Waals surface area contributed by atoms with Crippen molar-refractivity contribution >= 4 is 22.5 Å². The van der Waals surface area contributed by atoms with Gasteiger partial charge in [-0.15, -0.1) is 0 Å². The maximum atomic E-state index is 12.4. The van der Waals surface area contributed by atoms with Crippen LogP contribution in [0.4, 0.5) is 5.82 Å². The zero-order valence-corrected chi connectivity index (χ0v) is 15.7. The Morgan fingerprint density at radius 2 is 1.55 bits per heavy atom. The van der Waals surface area contributed by atoms with Crippen LogP contribution in [0, 0.1) is 0 Å². The van der Waals surface area contributed by atoms with E-state index in [2.05, 4.69) is 15.3 Å². The van der Waals surface area contributed by atoms with Crippen LogP contribution in [0.15, 0.2) is 77.7 Å². The fourth-order valence-corrected chi connectivity index (χ4v) is 3.38. The van der Waals surface area contributed by atoms with E-state index in [1.165, 1.54) is 6.20 Å². The molecule has 1 aromatic heterocycles. The molecule has 0 radical (unpaired) electrons. The van der Waals surface area contributed by atoms with Gasteiger partial charge in [-0.1, -0.05) is 54.6 Å². The van der Waals surface area contributed by atoms with Crippen molar-refractivity contribution in [2.24, 2.45) is 0 Å². The highest BCUT2D eigenvalue weighted by atomic mass is 16.1. The van der Waals surface area contributed by atoms with Gasteiger partial charge in [0.25, 0.3) is 5.91 Å². The van der Waals surface area contributed by atoms with E-state index in [9.17, 15) is 9.59 Å². The van der Waals surface area contributed by atoms with Crippen molar-refractivity contribution in [3.63, 3.8) is 0 Å². The standard InChI is InChI=1S/C23H20N4O2/c24-21-18(14-26-23(29)27-21)12-16-10-11-17(20-9-5-4-8-19(16)20)13-25-22(28)15-6-2-1-3-7-15/h1-11,14H,12-13H2,(H,25,28)(H3,24,26,27,29). The van der Waals surface area contributed by atoms with Gasteiger partial charge in [0.1, 0.15) is 5.82 Å². The van der Waals surface area contributed by atoms with Crippen molar-refractivity contribution in [1.82, 2.24) is 15.3 Å². The summed E-state index contributed by atoms with van der Waals surface area (Å²) in [6.45, 7) is 0.427. The number of H-pyrrole nitrogens is 1. The second-order valence-corrected chi connectivity index (χ2v) is 6.78. The van der Waals surface area contributed by atoms with Crippen LogP contribution in [0.25, 0.3) is 10.8 Å². The minimum absolute atomic E-state index is 0.106. The van der Waals surface area contributed by atoms with Gasteiger partial charge < -0.3 is 11.1 Å². The van der Waals surface area contributed by atoms with Gasteiger partial charge in [0.2, 0.25) is 0 Å². The minimum atomic E-state index is -0.458. The molecule has 0 saturated heterocycles.